The summed E-state index contributed by atoms with van der Waals surface area (Å²) in [5, 5.41) is 12.2. The van der Waals surface area contributed by atoms with Gasteiger partial charge < -0.3 is 15.4 Å². The molecule has 0 saturated carbocycles. The first-order valence-electron chi connectivity index (χ1n) is 12.2. The molecule has 0 radical (unpaired) electrons. The molecule has 0 spiro atoms. The molecule has 37 heavy (non-hydrogen) atoms. The number of anilines is 1. The van der Waals surface area contributed by atoms with Crippen LogP contribution in [-0.4, -0.2) is 27.8 Å². The van der Waals surface area contributed by atoms with Crippen LogP contribution in [0.4, 0.5) is 5.69 Å². The molecule has 0 atom stereocenters. The number of hydrogen-bond donors (Lipinski definition) is 2. The molecule has 2 N–H and O–H groups in total. The summed E-state index contributed by atoms with van der Waals surface area (Å²) < 4.78 is 7.10. The van der Waals surface area contributed by atoms with Gasteiger partial charge in [0.15, 0.2) is 5.65 Å². The second kappa shape index (κ2) is 10.5. The standard InChI is InChI=1S/C30H29N5O2/c1-20-8-7-9-23(16-20)18-33-30(36)26-19-32-29-27(21(2)34-35(29)24-10-5-4-6-11-24)28(26)31-17-22-12-14-25(37-3)15-13-22/h4-16,19H,17-18H2,1-3H3,(H,31,32)(H,33,36). The summed E-state index contributed by atoms with van der Waals surface area (Å²) in [4.78, 5) is 18.1. The first kappa shape index (κ1) is 24.1. The number of amides is 1. The zero-order chi connectivity index (χ0) is 25.8. The fourth-order valence-electron chi connectivity index (χ4n) is 4.39. The van der Waals surface area contributed by atoms with Gasteiger partial charge in [-0.05, 0) is 49.2 Å². The molecule has 186 valence electrons. The molecule has 0 aliphatic rings. The second-order valence-corrected chi connectivity index (χ2v) is 8.95. The molecule has 0 unspecified atom stereocenters. The summed E-state index contributed by atoms with van der Waals surface area (Å²) in [6.07, 6.45) is 1.63. The van der Waals surface area contributed by atoms with Crippen molar-refractivity contribution in [3.63, 3.8) is 0 Å². The van der Waals surface area contributed by atoms with Gasteiger partial charge in [-0.1, -0.05) is 60.2 Å². The number of carbonyl (C=O) groups excluding carboxylic acids is 1. The number of hydrogen-bond acceptors (Lipinski definition) is 5. The SMILES string of the molecule is COc1ccc(CNc2c(C(=O)NCc3cccc(C)c3)cnc3c2c(C)nn3-c2ccccc2)cc1. The van der Waals surface area contributed by atoms with Crippen LogP contribution in [0.15, 0.2) is 85.1 Å². The maximum atomic E-state index is 13.4. The van der Waals surface area contributed by atoms with Crippen molar-refractivity contribution in [3.05, 3.63) is 113 Å². The van der Waals surface area contributed by atoms with Crippen LogP contribution in [0, 0.1) is 13.8 Å². The molecule has 3 aromatic carbocycles. The Kier molecular flexibility index (Phi) is 6.85. The predicted octanol–water partition coefficient (Wildman–Crippen LogP) is 5.59. The van der Waals surface area contributed by atoms with E-state index < -0.39 is 0 Å². The van der Waals surface area contributed by atoms with Gasteiger partial charge >= 0.3 is 0 Å². The van der Waals surface area contributed by atoms with E-state index in [0.29, 0.717) is 30.0 Å². The molecule has 2 heterocycles. The summed E-state index contributed by atoms with van der Waals surface area (Å²) in [5.74, 6) is 0.603. The monoisotopic (exact) mass is 491 g/mol. The van der Waals surface area contributed by atoms with Gasteiger partial charge in [0, 0.05) is 19.3 Å². The molecule has 0 fully saturated rings. The fraction of sp³-hybridized carbons (Fsp3) is 0.167. The number of nitrogens with zero attached hydrogens (tertiary/aromatic N) is 3. The number of pyridine rings is 1. The molecule has 7 heteroatoms. The van der Waals surface area contributed by atoms with Gasteiger partial charge in [0.05, 0.1) is 35.1 Å². The van der Waals surface area contributed by atoms with Crippen LogP contribution in [0.25, 0.3) is 16.7 Å². The van der Waals surface area contributed by atoms with Crippen molar-refractivity contribution >= 4 is 22.6 Å². The van der Waals surface area contributed by atoms with Crippen molar-refractivity contribution in [2.45, 2.75) is 26.9 Å². The molecule has 0 aliphatic heterocycles. The third-order valence-electron chi connectivity index (χ3n) is 6.28. The van der Waals surface area contributed by atoms with E-state index >= 15 is 0 Å². The van der Waals surface area contributed by atoms with E-state index in [1.54, 1.807) is 13.3 Å². The summed E-state index contributed by atoms with van der Waals surface area (Å²) in [6.45, 7) is 4.93. The second-order valence-electron chi connectivity index (χ2n) is 8.95. The van der Waals surface area contributed by atoms with Crippen LogP contribution in [0.3, 0.4) is 0 Å². The molecule has 7 nitrogen and oxygen atoms in total. The van der Waals surface area contributed by atoms with Gasteiger partial charge in [0.2, 0.25) is 0 Å². The number of fused-ring (bicyclic) bond motifs is 1. The number of nitrogens with one attached hydrogen (secondary N) is 2. The number of carbonyl (C=O) groups is 1. The summed E-state index contributed by atoms with van der Waals surface area (Å²) in [6, 6.07) is 25.8. The Labute approximate surface area is 216 Å². The van der Waals surface area contributed by atoms with Gasteiger partial charge in [-0.2, -0.15) is 5.10 Å². The van der Waals surface area contributed by atoms with Crippen LogP contribution in [0.1, 0.15) is 32.7 Å². The molecule has 5 rings (SSSR count). The zero-order valence-electron chi connectivity index (χ0n) is 21.2. The van der Waals surface area contributed by atoms with Crippen LogP contribution in [-0.2, 0) is 13.1 Å². The first-order chi connectivity index (χ1) is 18.0. The quantitative estimate of drug-likeness (QED) is 0.296. The average molecular weight is 492 g/mol. The number of ether oxygens (including phenoxy) is 1. The Morgan fingerprint density at radius 3 is 2.43 bits per heavy atom. The Balaban J connectivity index is 1.52. The lowest BCUT2D eigenvalue weighted by Gasteiger charge is -2.15. The lowest BCUT2D eigenvalue weighted by Crippen LogP contribution is -2.24. The van der Waals surface area contributed by atoms with Gasteiger partial charge in [0.1, 0.15) is 5.75 Å². The Morgan fingerprint density at radius 2 is 1.70 bits per heavy atom. The largest absolute Gasteiger partial charge is 0.497 e. The van der Waals surface area contributed by atoms with Crippen LogP contribution in [0.5, 0.6) is 5.75 Å². The topological polar surface area (TPSA) is 81.1 Å². The molecule has 5 aromatic rings. The number of benzene rings is 3. The van der Waals surface area contributed by atoms with E-state index in [0.717, 1.165) is 39.2 Å². The first-order valence-corrected chi connectivity index (χ1v) is 12.2. The predicted molar refractivity (Wildman–Crippen MR) is 146 cm³/mol. The molecule has 2 aromatic heterocycles. The fourth-order valence-corrected chi connectivity index (χ4v) is 4.39. The maximum absolute atomic E-state index is 13.4. The van der Waals surface area contributed by atoms with Crippen LogP contribution < -0.4 is 15.4 Å². The normalized spacial score (nSPS) is 10.9. The minimum atomic E-state index is -0.194. The van der Waals surface area contributed by atoms with E-state index in [1.165, 1.54) is 0 Å². The highest BCUT2D eigenvalue weighted by atomic mass is 16.5. The summed E-state index contributed by atoms with van der Waals surface area (Å²) in [7, 11) is 1.65. The van der Waals surface area contributed by atoms with Gasteiger partial charge in [-0.3, -0.25) is 4.79 Å². The molecule has 0 aliphatic carbocycles. The highest BCUT2D eigenvalue weighted by Gasteiger charge is 2.21. The maximum Gasteiger partial charge on any atom is 0.255 e. The van der Waals surface area contributed by atoms with E-state index in [4.69, 9.17) is 9.84 Å². The number of aryl methyl sites for hydroxylation is 2. The number of para-hydroxylation sites is 1. The minimum Gasteiger partial charge on any atom is -0.497 e. The molecular weight excluding hydrogens is 462 g/mol. The van der Waals surface area contributed by atoms with Crippen LogP contribution in [0.2, 0.25) is 0 Å². The third kappa shape index (κ3) is 5.16. The van der Waals surface area contributed by atoms with Crippen molar-refractivity contribution < 1.29 is 9.53 Å². The van der Waals surface area contributed by atoms with E-state index in [9.17, 15) is 4.79 Å². The lowest BCUT2D eigenvalue weighted by molar-refractivity contribution is 0.0951. The minimum absolute atomic E-state index is 0.194. The van der Waals surface area contributed by atoms with E-state index in [1.807, 2.05) is 91.3 Å². The van der Waals surface area contributed by atoms with E-state index in [-0.39, 0.29) is 5.91 Å². The number of methoxy groups -OCH3 is 1. The number of rotatable bonds is 8. The van der Waals surface area contributed by atoms with Crippen molar-refractivity contribution in [3.8, 4) is 11.4 Å². The highest BCUT2D eigenvalue weighted by Crippen LogP contribution is 2.31. The van der Waals surface area contributed by atoms with Crippen molar-refractivity contribution in [2.24, 2.45) is 0 Å². The third-order valence-corrected chi connectivity index (χ3v) is 6.28. The smallest absolute Gasteiger partial charge is 0.255 e. The summed E-state index contributed by atoms with van der Waals surface area (Å²) in [5.41, 5.74) is 6.83. The Morgan fingerprint density at radius 1 is 0.919 bits per heavy atom. The van der Waals surface area contributed by atoms with Gasteiger partial charge in [-0.15, -0.1) is 0 Å². The van der Waals surface area contributed by atoms with Crippen molar-refractivity contribution in [1.29, 1.82) is 0 Å². The van der Waals surface area contributed by atoms with Crippen LogP contribution >= 0.6 is 0 Å². The van der Waals surface area contributed by atoms with Crippen molar-refractivity contribution in [2.75, 3.05) is 12.4 Å². The average Bonchev–Trinajstić information content (AvgIpc) is 3.27. The van der Waals surface area contributed by atoms with Crippen molar-refractivity contribution in [1.82, 2.24) is 20.1 Å². The van der Waals surface area contributed by atoms with Gasteiger partial charge in [0.25, 0.3) is 5.91 Å². The molecule has 1 amide bonds. The van der Waals surface area contributed by atoms with Gasteiger partial charge in [-0.25, -0.2) is 9.67 Å². The highest BCUT2D eigenvalue weighted by molar-refractivity contribution is 6.07. The number of aromatic nitrogens is 3. The lowest BCUT2D eigenvalue weighted by atomic mass is 10.1. The molecular formula is C30H29N5O2. The molecule has 0 bridgehead atoms. The molecule has 0 saturated heterocycles. The Hall–Kier alpha value is -4.65. The summed E-state index contributed by atoms with van der Waals surface area (Å²) >= 11 is 0. The van der Waals surface area contributed by atoms with E-state index in [2.05, 4.69) is 21.7 Å². The Bertz CT molecular complexity index is 1540. The zero-order valence-corrected chi connectivity index (χ0v) is 21.2.